The summed E-state index contributed by atoms with van der Waals surface area (Å²) in [6.45, 7) is 4.99. The van der Waals surface area contributed by atoms with Crippen LogP contribution in [-0.2, 0) is 0 Å². The summed E-state index contributed by atoms with van der Waals surface area (Å²) < 4.78 is 38.8. The number of nitrogens with zero attached hydrogens (tertiary/aromatic N) is 1. The van der Waals surface area contributed by atoms with Crippen molar-refractivity contribution in [2.24, 2.45) is 5.92 Å². The molecule has 1 N–H and O–H groups in total. The fraction of sp³-hybridized carbons (Fsp3) is 0.625. The van der Waals surface area contributed by atoms with E-state index >= 15 is 0 Å². The minimum Gasteiger partial charge on any atom is -0.310 e. The van der Waals surface area contributed by atoms with E-state index in [0.29, 0.717) is 12.1 Å². The highest BCUT2D eigenvalue weighted by molar-refractivity contribution is 5.22. The molecule has 2 nitrogen and oxygen atoms in total. The second-order valence-corrected chi connectivity index (χ2v) is 5.54. The third-order valence-corrected chi connectivity index (χ3v) is 3.47. The molecule has 0 aromatic heterocycles. The third-order valence-electron chi connectivity index (χ3n) is 3.47. The van der Waals surface area contributed by atoms with Gasteiger partial charge in [0.1, 0.15) is 5.82 Å². The van der Waals surface area contributed by atoms with Crippen LogP contribution in [-0.4, -0.2) is 38.0 Å². The van der Waals surface area contributed by atoms with Crippen molar-refractivity contribution < 1.29 is 13.2 Å². The number of halogens is 3. The molecule has 1 aromatic carbocycles. The second-order valence-electron chi connectivity index (χ2n) is 5.54. The standard InChI is InChI=1S/C16H25F3N2/c1-4-9-20-16(13-7-5-6-8-14(13)17)12(2)10-21(3)11-15(18)19/h5-8,12,15-16,20H,4,9-11H2,1-3H3. The number of hydrogen-bond acceptors (Lipinski definition) is 2. The van der Waals surface area contributed by atoms with Gasteiger partial charge in [0, 0.05) is 18.2 Å². The molecule has 0 heterocycles. The summed E-state index contributed by atoms with van der Waals surface area (Å²) in [4.78, 5) is 1.59. The van der Waals surface area contributed by atoms with Gasteiger partial charge >= 0.3 is 0 Å². The predicted octanol–water partition coefficient (Wildman–Crippen LogP) is 3.70. The molecule has 120 valence electrons. The van der Waals surface area contributed by atoms with Crippen LogP contribution < -0.4 is 5.32 Å². The predicted molar refractivity (Wildman–Crippen MR) is 80.1 cm³/mol. The molecule has 21 heavy (non-hydrogen) atoms. The van der Waals surface area contributed by atoms with Gasteiger partial charge < -0.3 is 10.2 Å². The van der Waals surface area contributed by atoms with Crippen LogP contribution in [0.15, 0.2) is 24.3 Å². The first-order valence-electron chi connectivity index (χ1n) is 7.40. The van der Waals surface area contributed by atoms with Crippen molar-refractivity contribution in [3.63, 3.8) is 0 Å². The number of benzene rings is 1. The zero-order valence-corrected chi connectivity index (χ0v) is 13.0. The Labute approximate surface area is 125 Å². The molecule has 0 spiro atoms. The van der Waals surface area contributed by atoms with Crippen LogP contribution in [0.2, 0.25) is 0 Å². The summed E-state index contributed by atoms with van der Waals surface area (Å²) in [6, 6.07) is 6.47. The lowest BCUT2D eigenvalue weighted by molar-refractivity contribution is 0.0908. The van der Waals surface area contributed by atoms with Gasteiger partial charge in [0.25, 0.3) is 6.43 Å². The number of hydrogen-bond donors (Lipinski definition) is 1. The lowest BCUT2D eigenvalue weighted by atomic mass is 9.93. The number of rotatable bonds is 9. The third kappa shape index (κ3) is 6.06. The van der Waals surface area contributed by atoms with Gasteiger partial charge in [0.15, 0.2) is 0 Å². The summed E-state index contributed by atoms with van der Waals surface area (Å²) in [5.74, 6) is -0.230. The molecule has 5 heteroatoms. The molecule has 0 fully saturated rings. The summed E-state index contributed by atoms with van der Waals surface area (Å²) in [5, 5.41) is 3.33. The molecule has 2 atom stereocenters. The Morgan fingerprint density at radius 3 is 2.43 bits per heavy atom. The average molecular weight is 302 g/mol. The zero-order chi connectivity index (χ0) is 15.8. The van der Waals surface area contributed by atoms with Crippen molar-refractivity contribution in [1.82, 2.24) is 10.2 Å². The lowest BCUT2D eigenvalue weighted by Crippen LogP contribution is -2.36. The van der Waals surface area contributed by atoms with Crippen molar-refractivity contribution in [3.8, 4) is 0 Å². The van der Waals surface area contributed by atoms with Crippen LogP contribution in [0.4, 0.5) is 13.2 Å². The molecular formula is C16H25F3N2. The Kier molecular flexibility index (Phi) is 7.75. The Hall–Kier alpha value is -1.07. The maximum absolute atomic E-state index is 14.0. The molecule has 2 unspecified atom stereocenters. The van der Waals surface area contributed by atoms with Crippen molar-refractivity contribution in [2.45, 2.75) is 32.7 Å². The minimum absolute atomic E-state index is 0.0252. The van der Waals surface area contributed by atoms with Crippen LogP contribution in [0.5, 0.6) is 0 Å². The summed E-state index contributed by atoms with van der Waals surface area (Å²) in [7, 11) is 1.67. The molecular weight excluding hydrogens is 277 g/mol. The first-order valence-corrected chi connectivity index (χ1v) is 7.40. The van der Waals surface area contributed by atoms with Gasteiger partial charge in [-0.1, -0.05) is 32.0 Å². The molecule has 0 saturated heterocycles. The Balaban J connectivity index is 2.79. The minimum atomic E-state index is -2.35. The van der Waals surface area contributed by atoms with Crippen LogP contribution in [0.1, 0.15) is 31.9 Å². The largest absolute Gasteiger partial charge is 0.310 e. The monoisotopic (exact) mass is 302 g/mol. The van der Waals surface area contributed by atoms with E-state index in [1.807, 2.05) is 13.8 Å². The highest BCUT2D eigenvalue weighted by Gasteiger charge is 2.23. The van der Waals surface area contributed by atoms with E-state index < -0.39 is 6.43 Å². The van der Waals surface area contributed by atoms with Gasteiger partial charge in [0.05, 0.1) is 6.54 Å². The zero-order valence-electron chi connectivity index (χ0n) is 13.0. The maximum Gasteiger partial charge on any atom is 0.251 e. The highest BCUT2D eigenvalue weighted by Crippen LogP contribution is 2.25. The summed E-state index contributed by atoms with van der Waals surface area (Å²) in [5.41, 5.74) is 0.601. The van der Waals surface area contributed by atoms with Crippen LogP contribution in [0.25, 0.3) is 0 Å². The van der Waals surface area contributed by atoms with Gasteiger partial charge in [-0.2, -0.15) is 0 Å². The molecule has 1 aromatic rings. The van der Waals surface area contributed by atoms with Crippen molar-refractivity contribution in [2.75, 3.05) is 26.7 Å². The van der Waals surface area contributed by atoms with Crippen LogP contribution in [0.3, 0.4) is 0 Å². The average Bonchev–Trinajstić information content (AvgIpc) is 2.40. The summed E-state index contributed by atoms with van der Waals surface area (Å²) >= 11 is 0. The second kappa shape index (κ2) is 9.05. The lowest BCUT2D eigenvalue weighted by Gasteiger charge is -2.29. The van der Waals surface area contributed by atoms with E-state index in [-0.39, 0.29) is 24.3 Å². The quantitative estimate of drug-likeness (QED) is 0.748. The normalized spacial score (nSPS) is 14.7. The number of nitrogens with one attached hydrogen (secondary N) is 1. The van der Waals surface area contributed by atoms with Crippen LogP contribution in [0, 0.1) is 11.7 Å². The highest BCUT2D eigenvalue weighted by atomic mass is 19.3. The van der Waals surface area contributed by atoms with E-state index in [0.717, 1.165) is 13.0 Å². The number of alkyl halides is 2. The van der Waals surface area contributed by atoms with Crippen molar-refractivity contribution >= 4 is 0 Å². The molecule has 1 rings (SSSR count). The van der Waals surface area contributed by atoms with Gasteiger partial charge in [-0.15, -0.1) is 0 Å². The fourth-order valence-corrected chi connectivity index (χ4v) is 2.55. The summed E-state index contributed by atoms with van der Waals surface area (Å²) in [6.07, 6.45) is -1.41. The SMILES string of the molecule is CCCNC(c1ccccc1F)C(C)CN(C)CC(F)F. The molecule has 0 bridgehead atoms. The Morgan fingerprint density at radius 1 is 1.19 bits per heavy atom. The van der Waals surface area contributed by atoms with E-state index in [2.05, 4.69) is 5.32 Å². The van der Waals surface area contributed by atoms with Gasteiger partial charge in [0.2, 0.25) is 0 Å². The molecule has 0 aliphatic carbocycles. The maximum atomic E-state index is 14.0. The molecule has 0 aliphatic heterocycles. The fourth-order valence-electron chi connectivity index (χ4n) is 2.55. The van der Waals surface area contributed by atoms with Gasteiger partial charge in [-0.05, 0) is 32.0 Å². The van der Waals surface area contributed by atoms with Gasteiger partial charge in [-0.3, -0.25) is 0 Å². The van der Waals surface area contributed by atoms with E-state index in [1.165, 1.54) is 6.07 Å². The van der Waals surface area contributed by atoms with Crippen molar-refractivity contribution in [1.29, 1.82) is 0 Å². The van der Waals surface area contributed by atoms with Gasteiger partial charge in [-0.25, -0.2) is 13.2 Å². The molecule has 0 amide bonds. The Morgan fingerprint density at radius 2 is 1.86 bits per heavy atom. The molecule has 0 aliphatic rings. The van der Waals surface area contributed by atoms with Crippen LogP contribution >= 0.6 is 0 Å². The van der Waals surface area contributed by atoms with E-state index in [4.69, 9.17) is 0 Å². The molecule has 0 radical (unpaired) electrons. The van der Waals surface area contributed by atoms with Crippen molar-refractivity contribution in [3.05, 3.63) is 35.6 Å². The van der Waals surface area contributed by atoms with E-state index in [1.54, 1.807) is 30.1 Å². The smallest absolute Gasteiger partial charge is 0.251 e. The topological polar surface area (TPSA) is 15.3 Å². The van der Waals surface area contributed by atoms with E-state index in [9.17, 15) is 13.2 Å². The molecule has 0 saturated carbocycles. The first kappa shape index (κ1) is 18.0. The first-order chi connectivity index (χ1) is 9.95. The Bertz CT molecular complexity index is 412.